The van der Waals surface area contributed by atoms with Crippen LogP contribution in [0, 0.1) is 11.3 Å². The summed E-state index contributed by atoms with van der Waals surface area (Å²) < 4.78 is 0. The summed E-state index contributed by atoms with van der Waals surface area (Å²) in [6.45, 7) is 11.9. The van der Waals surface area contributed by atoms with E-state index in [0.29, 0.717) is 5.92 Å². The van der Waals surface area contributed by atoms with Gasteiger partial charge in [0.05, 0.1) is 6.10 Å². The van der Waals surface area contributed by atoms with Crippen molar-refractivity contribution in [2.75, 3.05) is 0 Å². The van der Waals surface area contributed by atoms with E-state index in [1.165, 1.54) is 0 Å². The average molecular weight is 180 g/mol. The smallest absolute Gasteiger partial charge is 0.0613 e. The number of aliphatic hydroxyl groups is 1. The lowest BCUT2D eigenvalue weighted by Gasteiger charge is -2.39. The maximum Gasteiger partial charge on any atom is 0.0613 e. The van der Waals surface area contributed by atoms with Crippen molar-refractivity contribution >= 4 is 0 Å². The second kappa shape index (κ2) is 3.67. The third-order valence-corrected chi connectivity index (χ3v) is 3.29. The third-order valence-electron chi connectivity index (χ3n) is 3.29. The predicted molar refractivity (Wildman–Crippen MR) is 56.5 cm³/mol. The van der Waals surface area contributed by atoms with Gasteiger partial charge >= 0.3 is 0 Å². The van der Waals surface area contributed by atoms with Gasteiger partial charge in [-0.25, -0.2) is 0 Å². The standard InChI is InChI=1S/C12H20O/c1-5-12(4)7-6-10(9(2)3)11(13)8-12/h5,10-11,13H,1-2,6-8H2,3-4H3. The Morgan fingerprint density at radius 3 is 2.62 bits per heavy atom. The fraction of sp³-hybridized carbons (Fsp3) is 0.667. The Labute approximate surface area is 81.2 Å². The summed E-state index contributed by atoms with van der Waals surface area (Å²) >= 11 is 0. The van der Waals surface area contributed by atoms with Gasteiger partial charge in [0.25, 0.3) is 0 Å². The molecule has 3 atom stereocenters. The molecule has 0 heterocycles. The Morgan fingerprint density at radius 2 is 2.23 bits per heavy atom. The largest absolute Gasteiger partial charge is 0.392 e. The SMILES string of the molecule is C=CC1(C)CCC(C(=C)C)C(O)C1. The van der Waals surface area contributed by atoms with E-state index < -0.39 is 0 Å². The normalized spacial score (nSPS) is 39.9. The Bertz CT molecular complexity index is 219. The summed E-state index contributed by atoms with van der Waals surface area (Å²) in [6, 6.07) is 0. The zero-order valence-electron chi connectivity index (χ0n) is 8.71. The monoisotopic (exact) mass is 180 g/mol. The van der Waals surface area contributed by atoms with Crippen LogP contribution >= 0.6 is 0 Å². The Morgan fingerprint density at radius 1 is 1.62 bits per heavy atom. The van der Waals surface area contributed by atoms with Crippen LogP contribution in [0.1, 0.15) is 33.1 Å². The predicted octanol–water partition coefficient (Wildman–Crippen LogP) is 2.92. The minimum Gasteiger partial charge on any atom is -0.392 e. The number of hydrogen-bond acceptors (Lipinski definition) is 1. The average Bonchev–Trinajstić information content (AvgIpc) is 2.03. The van der Waals surface area contributed by atoms with Crippen molar-refractivity contribution in [3.8, 4) is 0 Å². The minimum atomic E-state index is -0.228. The Kier molecular flexibility index (Phi) is 2.97. The molecule has 1 saturated carbocycles. The summed E-state index contributed by atoms with van der Waals surface area (Å²) in [5.41, 5.74) is 1.24. The van der Waals surface area contributed by atoms with Crippen molar-refractivity contribution in [1.29, 1.82) is 0 Å². The van der Waals surface area contributed by atoms with Gasteiger partial charge in [-0.2, -0.15) is 0 Å². The first-order valence-corrected chi connectivity index (χ1v) is 4.95. The van der Waals surface area contributed by atoms with Gasteiger partial charge in [-0.15, -0.1) is 6.58 Å². The van der Waals surface area contributed by atoms with Gasteiger partial charge in [-0.1, -0.05) is 25.2 Å². The highest BCUT2D eigenvalue weighted by atomic mass is 16.3. The summed E-state index contributed by atoms with van der Waals surface area (Å²) in [5, 5.41) is 9.90. The quantitative estimate of drug-likeness (QED) is 0.648. The molecule has 13 heavy (non-hydrogen) atoms. The van der Waals surface area contributed by atoms with E-state index in [1.54, 1.807) is 0 Å². The zero-order valence-corrected chi connectivity index (χ0v) is 8.71. The van der Waals surface area contributed by atoms with Gasteiger partial charge in [0.1, 0.15) is 0 Å². The van der Waals surface area contributed by atoms with Crippen LogP contribution < -0.4 is 0 Å². The van der Waals surface area contributed by atoms with Crippen molar-refractivity contribution in [3.63, 3.8) is 0 Å². The molecule has 0 aromatic rings. The van der Waals surface area contributed by atoms with E-state index in [2.05, 4.69) is 20.1 Å². The van der Waals surface area contributed by atoms with E-state index >= 15 is 0 Å². The molecule has 0 spiro atoms. The molecule has 1 aliphatic carbocycles. The molecule has 1 aliphatic rings. The van der Waals surface area contributed by atoms with Crippen molar-refractivity contribution in [2.24, 2.45) is 11.3 Å². The van der Waals surface area contributed by atoms with Crippen LogP contribution in [0.3, 0.4) is 0 Å². The van der Waals surface area contributed by atoms with Crippen LogP contribution in [0.4, 0.5) is 0 Å². The van der Waals surface area contributed by atoms with Gasteiger partial charge < -0.3 is 5.11 Å². The summed E-state index contributed by atoms with van der Waals surface area (Å²) in [5.74, 6) is 0.299. The van der Waals surface area contributed by atoms with Crippen molar-refractivity contribution in [2.45, 2.75) is 39.2 Å². The lowest BCUT2D eigenvalue weighted by atomic mass is 9.69. The molecule has 1 rings (SSSR count). The molecule has 0 aromatic heterocycles. The second-order valence-corrected chi connectivity index (χ2v) is 4.62. The fourth-order valence-electron chi connectivity index (χ4n) is 2.16. The van der Waals surface area contributed by atoms with Gasteiger partial charge in [0.2, 0.25) is 0 Å². The first-order chi connectivity index (χ1) is 5.98. The van der Waals surface area contributed by atoms with Crippen LogP contribution in [-0.4, -0.2) is 11.2 Å². The van der Waals surface area contributed by atoms with E-state index in [-0.39, 0.29) is 11.5 Å². The molecule has 0 bridgehead atoms. The summed E-state index contributed by atoms with van der Waals surface area (Å²) in [6.07, 6.45) is 4.73. The highest BCUT2D eigenvalue weighted by molar-refractivity contribution is 5.06. The first kappa shape index (κ1) is 10.5. The van der Waals surface area contributed by atoms with E-state index in [4.69, 9.17) is 0 Å². The van der Waals surface area contributed by atoms with Gasteiger partial charge in [0.15, 0.2) is 0 Å². The lowest BCUT2D eigenvalue weighted by molar-refractivity contribution is 0.0418. The number of rotatable bonds is 2. The summed E-state index contributed by atoms with van der Waals surface area (Å²) in [4.78, 5) is 0. The van der Waals surface area contributed by atoms with Gasteiger partial charge in [-0.05, 0) is 31.6 Å². The first-order valence-electron chi connectivity index (χ1n) is 4.95. The van der Waals surface area contributed by atoms with Crippen LogP contribution in [0.15, 0.2) is 24.8 Å². The summed E-state index contributed by atoms with van der Waals surface area (Å²) in [7, 11) is 0. The van der Waals surface area contributed by atoms with E-state index in [1.807, 2.05) is 13.0 Å². The molecule has 0 amide bonds. The van der Waals surface area contributed by atoms with Crippen molar-refractivity contribution < 1.29 is 5.11 Å². The fourth-order valence-corrected chi connectivity index (χ4v) is 2.16. The van der Waals surface area contributed by atoms with Crippen molar-refractivity contribution in [1.82, 2.24) is 0 Å². The molecule has 0 radical (unpaired) electrons. The van der Waals surface area contributed by atoms with Crippen molar-refractivity contribution in [3.05, 3.63) is 24.8 Å². The molecule has 1 nitrogen and oxygen atoms in total. The molecule has 0 saturated heterocycles. The van der Waals surface area contributed by atoms with Crippen LogP contribution in [0.25, 0.3) is 0 Å². The number of hydrogen-bond donors (Lipinski definition) is 1. The lowest BCUT2D eigenvalue weighted by Crippen LogP contribution is -2.34. The van der Waals surface area contributed by atoms with Crippen LogP contribution in [-0.2, 0) is 0 Å². The maximum absolute atomic E-state index is 9.90. The van der Waals surface area contributed by atoms with Gasteiger partial charge in [-0.3, -0.25) is 0 Å². The van der Waals surface area contributed by atoms with Gasteiger partial charge in [0, 0.05) is 5.92 Å². The van der Waals surface area contributed by atoms with E-state index in [9.17, 15) is 5.11 Å². The molecule has 74 valence electrons. The van der Waals surface area contributed by atoms with Crippen LogP contribution in [0.2, 0.25) is 0 Å². The molecular weight excluding hydrogens is 160 g/mol. The number of allylic oxidation sites excluding steroid dienone is 1. The second-order valence-electron chi connectivity index (χ2n) is 4.62. The van der Waals surface area contributed by atoms with E-state index in [0.717, 1.165) is 24.8 Å². The highest BCUT2D eigenvalue weighted by Crippen LogP contribution is 2.41. The Hall–Kier alpha value is -0.560. The third kappa shape index (κ3) is 2.22. The minimum absolute atomic E-state index is 0.130. The number of aliphatic hydroxyl groups excluding tert-OH is 1. The molecule has 3 unspecified atom stereocenters. The maximum atomic E-state index is 9.90. The molecule has 1 N–H and O–H groups in total. The zero-order chi connectivity index (χ0) is 10.1. The molecular formula is C12H20O. The topological polar surface area (TPSA) is 20.2 Å². The molecule has 1 heteroatoms. The molecule has 0 aromatic carbocycles. The molecule has 1 fully saturated rings. The van der Waals surface area contributed by atoms with Crippen LogP contribution in [0.5, 0.6) is 0 Å². The Balaban J connectivity index is 2.66. The highest BCUT2D eigenvalue weighted by Gasteiger charge is 2.34. The molecule has 0 aliphatic heterocycles.